The molecule has 96 valence electrons. The highest BCUT2D eigenvalue weighted by Gasteiger charge is 2.18. The summed E-state index contributed by atoms with van der Waals surface area (Å²) in [4.78, 5) is 8.47. The number of aromatic nitrogens is 1. The Hall–Kier alpha value is -0.450. The van der Waals surface area contributed by atoms with Crippen LogP contribution in [0, 0.1) is 13.8 Å². The number of thiazole rings is 1. The Kier molecular flexibility index (Phi) is 4.54. The van der Waals surface area contributed by atoms with Crippen LogP contribution in [0.3, 0.4) is 0 Å². The van der Waals surface area contributed by atoms with E-state index < -0.39 is 0 Å². The lowest BCUT2D eigenvalue weighted by atomic mass is 10.2. The lowest BCUT2D eigenvalue weighted by molar-refractivity contribution is 0.255. The number of likely N-dealkylation sites (N-methyl/N-ethyl adjacent to an activating group) is 1. The van der Waals surface area contributed by atoms with E-state index in [1.807, 2.05) is 11.3 Å². The van der Waals surface area contributed by atoms with Crippen LogP contribution < -0.4 is 5.32 Å². The smallest absolute Gasteiger partial charge is 0.0900 e. The van der Waals surface area contributed by atoms with Crippen LogP contribution in [0.15, 0.2) is 0 Å². The molecule has 1 aromatic rings. The van der Waals surface area contributed by atoms with Crippen molar-refractivity contribution in [3.8, 4) is 0 Å². The molecule has 0 spiro atoms. The van der Waals surface area contributed by atoms with Crippen molar-refractivity contribution >= 4 is 11.3 Å². The highest BCUT2D eigenvalue weighted by molar-refractivity contribution is 7.11. The Morgan fingerprint density at radius 1 is 1.47 bits per heavy atom. The Morgan fingerprint density at radius 2 is 2.29 bits per heavy atom. The van der Waals surface area contributed by atoms with Crippen molar-refractivity contribution in [3.05, 3.63) is 15.6 Å². The summed E-state index contributed by atoms with van der Waals surface area (Å²) in [6.45, 7) is 11.0. The third-order valence-corrected chi connectivity index (χ3v) is 4.51. The fourth-order valence-corrected chi connectivity index (χ4v) is 3.43. The maximum absolute atomic E-state index is 4.51. The predicted molar refractivity (Wildman–Crippen MR) is 73.6 cm³/mol. The number of hydrogen-bond acceptors (Lipinski definition) is 4. The molecule has 3 nitrogen and oxygen atoms in total. The molecule has 17 heavy (non-hydrogen) atoms. The Morgan fingerprint density at radius 3 is 2.82 bits per heavy atom. The highest BCUT2D eigenvalue weighted by Crippen LogP contribution is 2.19. The molecule has 1 unspecified atom stereocenters. The predicted octanol–water partition coefficient (Wildman–Crippen LogP) is 2.33. The summed E-state index contributed by atoms with van der Waals surface area (Å²) in [6, 6.07) is 0.698. The quantitative estimate of drug-likeness (QED) is 0.873. The molecule has 1 saturated heterocycles. The first-order valence-electron chi connectivity index (χ1n) is 6.57. The molecule has 0 saturated carbocycles. The van der Waals surface area contributed by atoms with Crippen molar-refractivity contribution < 1.29 is 0 Å². The maximum Gasteiger partial charge on any atom is 0.0900 e. The average Bonchev–Trinajstić information content (AvgIpc) is 2.88. The van der Waals surface area contributed by atoms with Gasteiger partial charge in [0.2, 0.25) is 0 Å². The minimum atomic E-state index is 0.698. The van der Waals surface area contributed by atoms with Crippen molar-refractivity contribution in [2.45, 2.75) is 46.2 Å². The second-order valence-electron chi connectivity index (χ2n) is 4.86. The zero-order valence-corrected chi connectivity index (χ0v) is 11.9. The minimum Gasteiger partial charge on any atom is -0.313 e. The SMILES string of the molecule is CCN(Cc1sc(C)nc1C)CC1CCCN1. The van der Waals surface area contributed by atoms with E-state index in [2.05, 4.69) is 36.0 Å². The van der Waals surface area contributed by atoms with Gasteiger partial charge in [0.05, 0.1) is 10.7 Å². The number of hydrogen-bond donors (Lipinski definition) is 1. The lowest BCUT2D eigenvalue weighted by Gasteiger charge is -2.23. The number of aryl methyl sites for hydroxylation is 2. The molecule has 1 aliphatic heterocycles. The molecule has 0 radical (unpaired) electrons. The standard InChI is InChI=1S/C13H23N3S/c1-4-16(8-12-6-5-7-14-12)9-13-10(2)15-11(3)17-13/h12,14H,4-9H2,1-3H3. The summed E-state index contributed by atoms with van der Waals surface area (Å²) >= 11 is 1.84. The van der Waals surface area contributed by atoms with Gasteiger partial charge in [-0.2, -0.15) is 0 Å². The van der Waals surface area contributed by atoms with Crippen LogP contribution in [-0.2, 0) is 6.54 Å². The van der Waals surface area contributed by atoms with E-state index in [4.69, 9.17) is 0 Å². The molecular weight excluding hydrogens is 230 g/mol. The monoisotopic (exact) mass is 253 g/mol. The van der Waals surface area contributed by atoms with Crippen LogP contribution >= 0.6 is 11.3 Å². The van der Waals surface area contributed by atoms with Gasteiger partial charge >= 0.3 is 0 Å². The van der Waals surface area contributed by atoms with E-state index in [9.17, 15) is 0 Å². The molecule has 1 aromatic heterocycles. The number of nitrogens with one attached hydrogen (secondary N) is 1. The Balaban J connectivity index is 1.92. The van der Waals surface area contributed by atoms with Crippen LogP contribution in [0.2, 0.25) is 0 Å². The van der Waals surface area contributed by atoms with E-state index in [0.29, 0.717) is 6.04 Å². The summed E-state index contributed by atoms with van der Waals surface area (Å²) in [5.41, 5.74) is 1.21. The minimum absolute atomic E-state index is 0.698. The van der Waals surface area contributed by atoms with Crippen molar-refractivity contribution in [2.75, 3.05) is 19.6 Å². The van der Waals surface area contributed by atoms with Gasteiger partial charge in [0.1, 0.15) is 0 Å². The molecule has 1 aliphatic rings. The molecule has 0 amide bonds. The summed E-state index contributed by atoms with van der Waals surface area (Å²) in [6.07, 6.45) is 2.66. The van der Waals surface area contributed by atoms with Gasteiger partial charge < -0.3 is 5.32 Å². The Bertz CT molecular complexity index is 356. The van der Waals surface area contributed by atoms with E-state index in [0.717, 1.165) is 13.1 Å². The zero-order chi connectivity index (χ0) is 12.3. The topological polar surface area (TPSA) is 28.2 Å². The van der Waals surface area contributed by atoms with Gasteiger partial charge in [-0.1, -0.05) is 6.92 Å². The van der Waals surface area contributed by atoms with E-state index in [-0.39, 0.29) is 0 Å². The first kappa shape index (κ1) is 13.0. The lowest BCUT2D eigenvalue weighted by Crippen LogP contribution is -2.37. The third kappa shape index (κ3) is 3.50. The molecule has 0 aliphatic carbocycles. The molecule has 1 fully saturated rings. The van der Waals surface area contributed by atoms with Crippen molar-refractivity contribution in [3.63, 3.8) is 0 Å². The number of rotatable bonds is 5. The molecule has 1 atom stereocenters. The van der Waals surface area contributed by atoms with Gasteiger partial charge in [0.25, 0.3) is 0 Å². The Labute approximate surface area is 108 Å². The third-order valence-electron chi connectivity index (χ3n) is 3.45. The molecule has 4 heteroatoms. The van der Waals surface area contributed by atoms with Gasteiger partial charge in [-0.15, -0.1) is 11.3 Å². The van der Waals surface area contributed by atoms with E-state index in [1.165, 1.54) is 41.5 Å². The van der Waals surface area contributed by atoms with Crippen LogP contribution in [0.25, 0.3) is 0 Å². The van der Waals surface area contributed by atoms with Crippen molar-refractivity contribution in [2.24, 2.45) is 0 Å². The van der Waals surface area contributed by atoms with Gasteiger partial charge in [-0.25, -0.2) is 4.98 Å². The first-order chi connectivity index (χ1) is 8.19. The van der Waals surface area contributed by atoms with Crippen molar-refractivity contribution in [1.82, 2.24) is 15.2 Å². The van der Waals surface area contributed by atoms with E-state index in [1.54, 1.807) is 0 Å². The maximum atomic E-state index is 4.51. The highest BCUT2D eigenvalue weighted by atomic mass is 32.1. The largest absolute Gasteiger partial charge is 0.313 e. The van der Waals surface area contributed by atoms with Gasteiger partial charge in [0.15, 0.2) is 0 Å². The van der Waals surface area contributed by atoms with Crippen LogP contribution in [0.4, 0.5) is 0 Å². The average molecular weight is 253 g/mol. The summed E-state index contributed by atoms with van der Waals surface area (Å²) in [5, 5.41) is 4.76. The first-order valence-corrected chi connectivity index (χ1v) is 7.39. The van der Waals surface area contributed by atoms with Gasteiger partial charge in [-0.3, -0.25) is 4.90 Å². The molecular formula is C13H23N3S. The van der Waals surface area contributed by atoms with Crippen LogP contribution in [0.1, 0.15) is 35.3 Å². The zero-order valence-electron chi connectivity index (χ0n) is 11.1. The molecule has 2 heterocycles. The van der Waals surface area contributed by atoms with Crippen LogP contribution in [0.5, 0.6) is 0 Å². The molecule has 2 rings (SSSR count). The second-order valence-corrected chi connectivity index (χ2v) is 6.15. The molecule has 0 bridgehead atoms. The normalized spacial score (nSPS) is 20.4. The molecule has 1 N–H and O–H groups in total. The fourth-order valence-electron chi connectivity index (χ4n) is 2.45. The second kappa shape index (κ2) is 5.94. The summed E-state index contributed by atoms with van der Waals surface area (Å²) in [5.74, 6) is 0. The number of nitrogens with zero attached hydrogens (tertiary/aromatic N) is 2. The fraction of sp³-hybridized carbons (Fsp3) is 0.769. The molecule has 0 aromatic carbocycles. The summed E-state index contributed by atoms with van der Waals surface area (Å²) < 4.78 is 0. The van der Waals surface area contributed by atoms with Crippen LogP contribution in [-0.4, -0.2) is 35.6 Å². The van der Waals surface area contributed by atoms with E-state index >= 15 is 0 Å². The summed E-state index contributed by atoms with van der Waals surface area (Å²) in [7, 11) is 0. The van der Waals surface area contributed by atoms with Gasteiger partial charge in [0, 0.05) is 24.0 Å². The van der Waals surface area contributed by atoms with Crippen molar-refractivity contribution in [1.29, 1.82) is 0 Å². The van der Waals surface area contributed by atoms with Gasteiger partial charge in [-0.05, 0) is 39.8 Å².